The summed E-state index contributed by atoms with van der Waals surface area (Å²) in [4.78, 5) is 76.5. The van der Waals surface area contributed by atoms with Gasteiger partial charge in [-0.05, 0) is 140 Å². The number of hydrogen-bond acceptors (Lipinski definition) is 9. The summed E-state index contributed by atoms with van der Waals surface area (Å²) < 4.78 is 10.7. The molecular weight excluding hydrogens is 820 g/mol. The number of ketones is 2. The van der Waals surface area contributed by atoms with Gasteiger partial charge in [-0.3, -0.25) is 28.8 Å². The average Bonchev–Trinajstić information content (AvgIpc) is 3.23. The number of ether oxygens (including phenoxy) is 2. The lowest BCUT2D eigenvalue weighted by atomic mass is 9.79. The molecule has 0 radical (unpaired) electrons. The highest BCUT2D eigenvalue weighted by Crippen LogP contribution is 2.31. The summed E-state index contributed by atoms with van der Waals surface area (Å²) in [7, 11) is 3.15. The highest BCUT2D eigenvalue weighted by atomic mass is 35.5. The van der Waals surface area contributed by atoms with E-state index < -0.39 is 11.1 Å². The Balaban J connectivity index is 0.000000256. The molecular formula is C50H61ClN4O8. The third-order valence-corrected chi connectivity index (χ3v) is 11.6. The van der Waals surface area contributed by atoms with Crippen LogP contribution in [-0.2, 0) is 9.59 Å². The molecule has 12 nitrogen and oxygen atoms in total. The minimum absolute atomic E-state index is 0.0188. The third kappa shape index (κ3) is 12.6. The lowest BCUT2D eigenvalue weighted by molar-refractivity contribution is -0.130. The van der Waals surface area contributed by atoms with Gasteiger partial charge in [0.15, 0.2) is 11.6 Å². The van der Waals surface area contributed by atoms with Gasteiger partial charge < -0.3 is 30.3 Å². The molecule has 63 heavy (non-hydrogen) atoms. The number of carbonyl (C=O) groups is 6. The number of benzene rings is 4. The average molecular weight is 882 g/mol. The van der Waals surface area contributed by atoms with Gasteiger partial charge in [-0.1, -0.05) is 46.5 Å². The van der Waals surface area contributed by atoms with Crippen molar-refractivity contribution in [3.63, 3.8) is 0 Å². The standard InChI is InChI=1S/C25H30N2O4.C23H28N2O3.C2H3ClO/c1-16-13-17(2)15-20(14-16)23(29)25(9-11-27(12-10-25)19(4)28)26-24(30)21-7-6-8-22(31-5)18(21)3;1-15-12-16(2)14-18(13-15)21(26)23(8-10-24-11-9-23)25-22(27)19-6-5-7-20(28-4)17(19)3;1-2(3)4/h6-8,13-15H,9-12H2,1-5H3,(H,26,30);5-7,12-14,24H,8-11H2,1-4H3,(H,25,27);1H3. The molecule has 2 fully saturated rings. The SMILES string of the molecule is CC(=O)Cl.COc1cccc(C(=O)NC2(C(=O)c3cc(C)cc(C)c3)CCN(C(C)=O)CC2)c1C.COc1cccc(C(=O)NC2(C(=O)c3cc(C)cc(C)c3)CCNCC2)c1C. The van der Waals surface area contributed by atoms with Gasteiger partial charge in [-0.15, -0.1) is 0 Å². The highest BCUT2D eigenvalue weighted by Gasteiger charge is 2.44. The second-order valence-corrected chi connectivity index (χ2v) is 17.0. The van der Waals surface area contributed by atoms with Crippen LogP contribution < -0.4 is 25.4 Å². The second kappa shape index (κ2) is 22.0. The molecule has 0 atom stereocenters. The third-order valence-electron chi connectivity index (χ3n) is 11.6. The summed E-state index contributed by atoms with van der Waals surface area (Å²) in [6, 6.07) is 22.3. The van der Waals surface area contributed by atoms with Crippen LogP contribution >= 0.6 is 11.6 Å². The molecule has 0 saturated carbocycles. The van der Waals surface area contributed by atoms with E-state index in [2.05, 4.69) is 27.6 Å². The minimum Gasteiger partial charge on any atom is -0.496 e. The van der Waals surface area contributed by atoms with Gasteiger partial charge in [0.05, 0.1) is 14.2 Å². The minimum atomic E-state index is -1.07. The molecule has 336 valence electrons. The van der Waals surface area contributed by atoms with Crippen molar-refractivity contribution in [3.05, 3.63) is 128 Å². The van der Waals surface area contributed by atoms with E-state index in [1.54, 1.807) is 49.5 Å². The topological polar surface area (TPSA) is 160 Å². The van der Waals surface area contributed by atoms with Crippen molar-refractivity contribution in [1.82, 2.24) is 20.9 Å². The number of piperidine rings is 2. The number of hydrogen-bond donors (Lipinski definition) is 3. The van der Waals surface area contributed by atoms with E-state index in [0.29, 0.717) is 85.6 Å². The van der Waals surface area contributed by atoms with Crippen molar-refractivity contribution in [2.24, 2.45) is 0 Å². The van der Waals surface area contributed by atoms with E-state index >= 15 is 0 Å². The van der Waals surface area contributed by atoms with Gasteiger partial charge in [-0.2, -0.15) is 0 Å². The fourth-order valence-corrected chi connectivity index (χ4v) is 8.37. The molecule has 6 rings (SSSR count). The monoisotopic (exact) mass is 880 g/mol. The molecule has 0 spiro atoms. The van der Waals surface area contributed by atoms with Crippen molar-refractivity contribution in [2.45, 2.75) is 92.2 Å². The van der Waals surface area contributed by atoms with Crippen LogP contribution in [0.15, 0.2) is 72.8 Å². The van der Waals surface area contributed by atoms with Crippen molar-refractivity contribution in [1.29, 1.82) is 0 Å². The zero-order chi connectivity index (χ0) is 46.6. The molecule has 2 aliphatic heterocycles. The van der Waals surface area contributed by atoms with Gasteiger partial charge in [0, 0.05) is 60.3 Å². The van der Waals surface area contributed by atoms with Gasteiger partial charge in [0.25, 0.3) is 11.8 Å². The number of aryl methyl sites for hydroxylation is 4. The number of carbonyl (C=O) groups excluding carboxylic acids is 6. The van der Waals surface area contributed by atoms with E-state index in [1.807, 2.05) is 84.0 Å². The molecule has 2 saturated heterocycles. The first-order chi connectivity index (χ1) is 29.8. The summed E-state index contributed by atoms with van der Waals surface area (Å²) in [5.74, 6) is 0.566. The summed E-state index contributed by atoms with van der Waals surface area (Å²) >= 11 is 4.64. The summed E-state index contributed by atoms with van der Waals surface area (Å²) in [5, 5.41) is 9.08. The van der Waals surface area contributed by atoms with Gasteiger partial charge in [0.2, 0.25) is 11.1 Å². The Hall–Kier alpha value is -5.85. The van der Waals surface area contributed by atoms with Crippen LogP contribution in [0.5, 0.6) is 11.5 Å². The van der Waals surface area contributed by atoms with E-state index in [-0.39, 0.29) is 34.5 Å². The Bertz CT molecular complexity index is 2300. The first kappa shape index (κ1) is 49.8. The second-order valence-electron chi connectivity index (χ2n) is 16.5. The van der Waals surface area contributed by atoms with Gasteiger partial charge in [0.1, 0.15) is 22.6 Å². The fraction of sp³-hybridized carbons (Fsp3) is 0.400. The number of nitrogens with zero attached hydrogens (tertiary/aromatic N) is 1. The summed E-state index contributed by atoms with van der Waals surface area (Å²) in [6.45, 7) is 16.6. The number of amides is 3. The Morgan fingerprint density at radius 3 is 1.27 bits per heavy atom. The molecule has 2 heterocycles. The Kier molecular flexibility index (Phi) is 17.4. The molecule has 4 aromatic carbocycles. The molecule has 0 aliphatic carbocycles. The van der Waals surface area contributed by atoms with Crippen LogP contribution in [0.3, 0.4) is 0 Å². The molecule has 4 aromatic rings. The molecule has 0 aromatic heterocycles. The summed E-state index contributed by atoms with van der Waals surface area (Å²) in [5.41, 5.74) is 5.83. The lowest BCUT2D eigenvalue weighted by Crippen LogP contribution is -2.60. The highest BCUT2D eigenvalue weighted by molar-refractivity contribution is 6.62. The molecule has 13 heteroatoms. The molecule has 0 unspecified atom stereocenters. The smallest absolute Gasteiger partial charge is 0.252 e. The van der Waals surface area contributed by atoms with Crippen LogP contribution in [0.1, 0.15) is 114 Å². The number of Topliss-reactive ketones (excluding diaryl/α,β-unsaturated/α-hetero) is 2. The van der Waals surface area contributed by atoms with E-state index in [4.69, 9.17) is 9.47 Å². The first-order valence-electron chi connectivity index (χ1n) is 21.1. The Morgan fingerprint density at radius 1 is 0.587 bits per heavy atom. The lowest BCUT2D eigenvalue weighted by Gasteiger charge is -2.41. The van der Waals surface area contributed by atoms with E-state index in [1.165, 1.54) is 13.8 Å². The normalized spacial score (nSPS) is 14.9. The van der Waals surface area contributed by atoms with Crippen molar-refractivity contribution in [3.8, 4) is 11.5 Å². The Labute approximate surface area is 376 Å². The zero-order valence-electron chi connectivity index (χ0n) is 38.2. The largest absolute Gasteiger partial charge is 0.496 e. The predicted molar refractivity (Wildman–Crippen MR) is 246 cm³/mol. The van der Waals surface area contributed by atoms with Crippen molar-refractivity contribution < 1.29 is 38.2 Å². The number of methoxy groups -OCH3 is 2. The van der Waals surface area contributed by atoms with Crippen molar-refractivity contribution in [2.75, 3.05) is 40.4 Å². The maximum absolute atomic E-state index is 13.7. The van der Waals surface area contributed by atoms with Crippen molar-refractivity contribution >= 4 is 46.1 Å². The first-order valence-corrected chi connectivity index (χ1v) is 21.4. The molecule has 3 N–H and O–H groups in total. The Morgan fingerprint density at radius 2 is 0.937 bits per heavy atom. The van der Waals surface area contributed by atoms with Crippen LogP contribution in [0.25, 0.3) is 0 Å². The fourth-order valence-electron chi connectivity index (χ4n) is 8.37. The number of halogens is 1. The number of nitrogens with one attached hydrogen (secondary N) is 3. The maximum atomic E-state index is 13.7. The number of likely N-dealkylation sites (tertiary alicyclic amines) is 1. The molecule has 0 bridgehead atoms. The molecule has 3 amide bonds. The maximum Gasteiger partial charge on any atom is 0.252 e. The van der Waals surface area contributed by atoms with E-state index in [9.17, 15) is 28.8 Å². The summed E-state index contributed by atoms with van der Waals surface area (Å²) in [6.07, 6.45) is 1.86. The molecule has 2 aliphatic rings. The van der Waals surface area contributed by atoms with Crippen LogP contribution in [0.4, 0.5) is 0 Å². The van der Waals surface area contributed by atoms with Crippen LogP contribution in [0, 0.1) is 41.5 Å². The quantitative estimate of drug-likeness (QED) is 0.107. The number of rotatable bonds is 10. The van der Waals surface area contributed by atoms with Crippen LogP contribution in [0.2, 0.25) is 0 Å². The van der Waals surface area contributed by atoms with Gasteiger partial charge >= 0.3 is 0 Å². The van der Waals surface area contributed by atoms with Gasteiger partial charge in [-0.25, -0.2) is 0 Å². The van der Waals surface area contributed by atoms with Crippen LogP contribution in [-0.4, -0.2) is 90.9 Å². The zero-order valence-corrected chi connectivity index (χ0v) is 38.9. The predicted octanol–water partition coefficient (Wildman–Crippen LogP) is 7.74. The van der Waals surface area contributed by atoms with E-state index in [0.717, 1.165) is 33.4 Å².